The molecule has 6 nitrogen and oxygen atoms in total. The van der Waals surface area contributed by atoms with E-state index < -0.39 is 6.10 Å². The van der Waals surface area contributed by atoms with E-state index in [9.17, 15) is 9.59 Å². The third-order valence-corrected chi connectivity index (χ3v) is 5.83. The molecule has 3 heterocycles. The fourth-order valence-corrected chi connectivity index (χ4v) is 4.21. The molecule has 4 aromatic rings. The Morgan fingerprint density at radius 2 is 2.07 bits per heavy atom. The molecule has 1 unspecified atom stereocenters. The Hall–Kier alpha value is -2.93. The number of esters is 1. The normalized spacial score (nSPS) is 12.6. The van der Waals surface area contributed by atoms with Crippen LogP contribution in [0.3, 0.4) is 0 Å². The van der Waals surface area contributed by atoms with E-state index in [0.717, 1.165) is 21.3 Å². The van der Waals surface area contributed by atoms with Crippen LogP contribution in [-0.2, 0) is 16.1 Å². The van der Waals surface area contributed by atoms with Crippen LogP contribution >= 0.6 is 11.3 Å². The summed E-state index contributed by atoms with van der Waals surface area (Å²) in [6.07, 6.45) is 1.22. The summed E-state index contributed by atoms with van der Waals surface area (Å²) < 4.78 is 7.35. The minimum Gasteiger partial charge on any atom is -0.453 e. The van der Waals surface area contributed by atoms with Crippen LogP contribution in [0.25, 0.3) is 21.1 Å². The number of H-pyrrole nitrogens is 1. The molecule has 1 aromatic carbocycles. The van der Waals surface area contributed by atoms with Gasteiger partial charge in [-0.2, -0.15) is 0 Å². The van der Waals surface area contributed by atoms with Gasteiger partial charge in [-0.1, -0.05) is 18.2 Å². The van der Waals surface area contributed by atoms with Gasteiger partial charge in [0.2, 0.25) is 0 Å². The number of carbonyl (C=O) groups excluding carboxylic acids is 1. The Morgan fingerprint density at radius 3 is 2.89 bits per heavy atom. The molecule has 3 aromatic heterocycles. The zero-order valence-corrected chi connectivity index (χ0v) is 16.1. The number of benzene rings is 1. The van der Waals surface area contributed by atoms with Crippen LogP contribution < -0.4 is 5.56 Å². The van der Waals surface area contributed by atoms with Crippen LogP contribution in [0.15, 0.2) is 41.3 Å². The van der Waals surface area contributed by atoms with Crippen LogP contribution in [-0.4, -0.2) is 20.5 Å². The molecule has 0 spiro atoms. The highest BCUT2D eigenvalue weighted by molar-refractivity contribution is 7.18. The summed E-state index contributed by atoms with van der Waals surface area (Å²) in [6.45, 7) is 5.69. The first-order valence-corrected chi connectivity index (χ1v) is 9.49. The minimum atomic E-state index is -0.640. The smallest absolute Gasteiger partial charge is 0.326 e. The van der Waals surface area contributed by atoms with Gasteiger partial charge < -0.3 is 14.3 Å². The number of nitrogens with zero attached hydrogens (tertiary/aromatic N) is 2. The molecule has 7 heteroatoms. The molecule has 1 N–H and O–H groups in total. The number of carbonyl (C=O) groups is 1. The third-order valence-electron chi connectivity index (χ3n) is 4.73. The number of thiophene rings is 1. The highest BCUT2D eigenvalue weighted by Crippen LogP contribution is 2.27. The fourth-order valence-electron chi connectivity index (χ4n) is 3.17. The first-order chi connectivity index (χ1) is 12.9. The quantitative estimate of drug-likeness (QED) is 0.545. The summed E-state index contributed by atoms with van der Waals surface area (Å²) in [7, 11) is 0. The number of para-hydroxylation sites is 1. The van der Waals surface area contributed by atoms with E-state index in [2.05, 4.69) is 9.97 Å². The second-order valence-corrected chi connectivity index (χ2v) is 7.75. The van der Waals surface area contributed by atoms with Crippen molar-refractivity contribution in [3.05, 3.63) is 63.1 Å². The fraction of sp³-hybridized carbons (Fsp3) is 0.250. The Kier molecular flexibility index (Phi) is 4.31. The van der Waals surface area contributed by atoms with Crippen LogP contribution in [0.2, 0.25) is 0 Å². The molecule has 0 saturated heterocycles. The van der Waals surface area contributed by atoms with Crippen molar-refractivity contribution in [1.82, 2.24) is 14.5 Å². The van der Waals surface area contributed by atoms with Crippen molar-refractivity contribution in [3.63, 3.8) is 0 Å². The van der Waals surface area contributed by atoms with Crippen LogP contribution in [0.4, 0.5) is 0 Å². The predicted molar refractivity (Wildman–Crippen MR) is 106 cm³/mol. The Labute approximate surface area is 159 Å². The van der Waals surface area contributed by atoms with E-state index in [0.29, 0.717) is 16.0 Å². The van der Waals surface area contributed by atoms with Gasteiger partial charge in [0.15, 0.2) is 11.9 Å². The highest BCUT2D eigenvalue weighted by Gasteiger charge is 2.18. The maximum absolute atomic E-state index is 12.4. The lowest BCUT2D eigenvalue weighted by Gasteiger charge is -2.13. The van der Waals surface area contributed by atoms with E-state index in [1.54, 1.807) is 6.92 Å². The molecule has 27 heavy (non-hydrogen) atoms. The highest BCUT2D eigenvalue weighted by atomic mass is 32.1. The molecule has 138 valence electrons. The number of hydrogen-bond donors (Lipinski definition) is 1. The minimum absolute atomic E-state index is 0.0988. The number of fused-ring (bicyclic) bond motifs is 2. The Bertz CT molecular complexity index is 1220. The number of hydrogen-bond acceptors (Lipinski definition) is 5. The second kappa shape index (κ2) is 6.66. The SMILES string of the molecule is Cc1sc2nc(C(C)OC(=O)Cn3ccc4ccccc43)[nH]c(=O)c2c1C. The molecule has 4 rings (SSSR count). The summed E-state index contributed by atoms with van der Waals surface area (Å²) in [6, 6.07) is 9.80. The van der Waals surface area contributed by atoms with Gasteiger partial charge in [0.25, 0.3) is 5.56 Å². The second-order valence-electron chi connectivity index (χ2n) is 6.55. The molecule has 0 fully saturated rings. The van der Waals surface area contributed by atoms with E-state index in [1.165, 1.54) is 11.3 Å². The van der Waals surface area contributed by atoms with Gasteiger partial charge in [-0.25, -0.2) is 4.98 Å². The van der Waals surface area contributed by atoms with Crippen molar-refractivity contribution < 1.29 is 9.53 Å². The maximum atomic E-state index is 12.4. The number of aromatic nitrogens is 3. The number of nitrogens with one attached hydrogen (secondary N) is 1. The molecular weight excluding hydrogens is 362 g/mol. The number of rotatable bonds is 4. The van der Waals surface area contributed by atoms with Gasteiger partial charge in [-0.15, -0.1) is 11.3 Å². The van der Waals surface area contributed by atoms with E-state index >= 15 is 0 Å². The Morgan fingerprint density at radius 1 is 1.30 bits per heavy atom. The average molecular weight is 381 g/mol. The Balaban J connectivity index is 1.55. The maximum Gasteiger partial charge on any atom is 0.326 e. The summed E-state index contributed by atoms with van der Waals surface area (Å²) >= 11 is 1.47. The van der Waals surface area contributed by atoms with Gasteiger partial charge in [0.05, 0.1) is 5.39 Å². The number of ether oxygens (including phenoxy) is 1. The van der Waals surface area contributed by atoms with Gasteiger partial charge >= 0.3 is 5.97 Å². The van der Waals surface area contributed by atoms with E-state index in [1.807, 2.05) is 54.9 Å². The molecule has 0 aliphatic heterocycles. The topological polar surface area (TPSA) is 77.0 Å². The molecule has 0 bridgehead atoms. The monoisotopic (exact) mass is 381 g/mol. The van der Waals surface area contributed by atoms with Crippen molar-refractivity contribution in [3.8, 4) is 0 Å². The first-order valence-electron chi connectivity index (χ1n) is 8.67. The summed E-state index contributed by atoms with van der Waals surface area (Å²) in [5, 5.41) is 1.68. The molecule has 0 saturated carbocycles. The number of aryl methyl sites for hydroxylation is 2. The molecule has 0 aliphatic rings. The van der Waals surface area contributed by atoms with Crippen molar-refractivity contribution in [1.29, 1.82) is 0 Å². The first kappa shape index (κ1) is 17.5. The lowest BCUT2D eigenvalue weighted by molar-refractivity contribution is -0.149. The predicted octanol–water partition coefficient (Wildman–Crippen LogP) is 3.86. The summed E-state index contributed by atoms with van der Waals surface area (Å²) in [4.78, 5) is 33.8. The largest absolute Gasteiger partial charge is 0.453 e. The average Bonchev–Trinajstić information content (AvgIpc) is 3.16. The molecule has 1 atom stereocenters. The molecule has 0 aliphatic carbocycles. The number of aromatic amines is 1. The van der Waals surface area contributed by atoms with Gasteiger partial charge in [0.1, 0.15) is 11.4 Å². The van der Waals surface area contributed by atoms with Gasteiger partial charge in [0, 0.05) is 16.6 Å². The van der Waals surface area contributed by atoms with E-state index in [-0.39, 0.29) is 18.1 Å². The van der Waals surface area contributed by atoms with Gasteiger partial charge in [-0.3, -0.25) is 9.59 Å². The zero-order chi connectivity index (χ0) is 19.1. The van der Waals surface area contributed by atoms with Crippen molar-refractivity contribution >= 4 is 38.4 Å². The molecule has 0 radical (unpaired) electrons. The van der Waals surface area contributed by atoms with Crippen LogP contribution in [0.1, 0.15) is 29.3 Å². The lowest BCUT2D eigenvalue weighted by Crippen LogP contribution is -2.19. The van der Waals surface area contributed by atoms with Crippen LogP contribution in [0.5, 0.6) is 0 Å². The summed E-state index contributed by atoms with van der Waals surface area (Å²) in [5.74, 6) is -0.0235. The van der Waals surface area contributed by atoms with Crippen LogP contribution in [0, 0.1) is 13.8 Å². The third kappa shape index (κ3) is 3.14. The standard InChI is InChI=1S/C20H19N3O3S/c1-11-13(3)27-20-17(11)19(25)21-18(22-20)12(2)26-16(24)10-23-9-8-14-6-4-5-7-15(14)23/h4-9,12H,10H2,1-3H3,(H,21,22,25). The molecule has 0 amide bonds. The van der Waals surface area contributed by atoms with Crippen molar-refractivity contribution in [2.75, 3.05) is 0 Å². The zero-order valence-electron chi connectivity index (χ0n) is 15.3. The summed E-state index contributed by atoms with van der Waals surface area (Å²) in [5.41, 5.74) is 1.72. The molecular formula is C20H19N3O3S. The van der Waals surface area contributed by atoms with E-state index in [4.69, 9.17) is 4.74 Å². The van der Waals surface area contributed by atoms with Crippen molar-refractivity contribution in [2.24, 2.45) is 0 Å². The lowest BCUT2D eigenvalue weighted by atomic mass is 10.2. The van der Waals surface area contributed by atoms with Gasteiger partial charge in [-0.05, 0) is 43.9 Å². The van der Waals surface area contributed by atoms with Crippen molar-refractivity contribution in [2.45, 2.75) is 33.4 Å².